The molecule has 21 heavy (non-hydrogen) atoms. The van der Waals surface area contributed by atoms with Crippen LogP contribution < -0.4 is 5.32 Å². The molecule has 0 aromatic heterocycles. The van der Waals surface area contributed by atoms with Gasteiger partial charge in [-0.1, -0.05) is 19.9 Å². The molecule has 2 rings (SSSR count). The fraction of sp³-hybridized carbons (Fsp3) is 0.533. The number of benzene rings is 1. The maximum atomic E-state index is 12.0. The van der Waals surface area contributed by atoms with Crippen LogP contribution in [-0.4, -0.2) is 29.3 Å². The van der Waals surface area contributed by atoms with Crippen molar-refractivity contribution in [3.8, 4) is 0 Å². The van der Waals surface area contributed by atoms with Gasteiger partial charge in [-0.25, -0.2) is 0 Å². The second-order valence-electron chi connectivity index (χ2n) is 5.84. The van der Waals surface area contributed by atoms with Crippen molar-refractivity contribution in [3.63, 3.8) is 0 Å². The zero-order valence-corrected chi connectivity index (χ0v) is 12.6. The molecular weight excluding hydrogens is 270 g/mol. The SMILES string of the molecule is CNc1ccc(CN2CC(C(C)C)CC2=O)cc1[N+](=O)[O-]. The van der Waals surface area contributed by atoms with Crippen molar-refractivity contribution in [1.82, 2.24) is 4.90 Å². The van der Waals surface area contributed by atoms with Gasteiger partial charge in [0.1, 0.15) is 5.69 Å². The summed E-state index contributed by atoms with van der Waals surface area (Å²) in [6.07, 6.45) is 0.578. The number of amides is 1. The zero-order chi connectivity index (χ0) is 15.6. The van der Waals surface area contributed by atoms with Crippen LogP contribution in [0.25, 0.3) is 0 Å². The Balaban J connectivity index is 2.15. The predicted octanol–water partition coefficient (Wildman–Crippen LogP) is 2.64. The number of nitro benzene ring substituents is 1. The minimum atomic E-state index is -0.405. The quantitative estimate of drug-likeness (QED) is 0.668. The first-order chi connectivity index (χ1) is 9.92. The standard InChI is InChI=1S/C15H21N3O3/c1-10(2)12-7-15(19)17(9-12)8-11-4-5-13(16-3)14(6-11)18(20)21/h4-6,10,12,16H,7-9H2,1-3H3. The molecule has 0 bridgehead atoms. The third-order valence-electron chi connectivity index (χ3n) is 4.09. The summed E-state index contributed by atoms with van der Waals surface area (Å²) in [6.45, 7) is 5.41. The van der Waals surface area contributed by atoms with E-state index >= 15 is 0 Å². The fourth-order valence-corrected chi connectivity index (χ4v) is 2.66. The van der Waals surface area contributed by atoms with E-state index < -0.39 is 4.92 Å². The number of rotatable bonds is 5. The van der Waals surface area contributed by atoms with Crippen LogP contribution in [0.1, 0.15) is 25.8 Å². The molecule has 1 aliphatic heterocycles. The second kappa shape index (κ2) is 6.11. The number of nitrogens with zero attached hydrogens (tertiary/aromatic N) is 2. The number of anilines is 1. The Morgan fingerprint density at radius 2 is 2.19 bits per heavy atom. The van der Waals surface area contributed by atoms with E-state index in [1.807, 2.05) is 6.07 Å². The van der Waals surface area contributed by atoms with Gasteiger partial charge in [-0.15, -0.1) is 0 Å². The van der Waals surface area contributed by atoms with Crippen molar-refractivity contribution in [2.45, 2.75) is 26.8 Å². The smallest absolute Gasteiger partial charge is 0.292 e. The summed E-state index contributed by atoms with van der Waals surface area (Å²) in [5.74, 6) is 0.984. The number of carbonyl (C=O) groups is 1. The van der Waals surface area contributed by atoms with Gasteiger partial charge in [-0.2, -0.15) is 0 Å². The zero-order valence-electron chi connectivity index (χ0n) is 12.6. The first-order valence-electron chi connectivity index (χ1n) is 7.15. The second-order valence-corrected chi connectivity index (χ2v) is 5.84. The van der Waals surface area contributed by atoms with Crippen LogP contribution in [-0.2, 0) is 11.3 Å². The van der Waals surface area contributed by atoms with Gasteiger partial charge in [0.25, 0.3) is 5.69 Å². The van der Waals surface area contributed by atoms with Crippen molar-refractivity contribution < 1.29 is 9.72 Å². The van der Waals surface area contributed by atoms with E-state index in [2.05, 4.69) is 19.2 Å². The summed E-state index contributed by atoms with van der Waals surface area (Å²) in [7, 11) is 1.65. The topological polar surface area (TPSA) is 75.5 Å². The number of nitro groups is 1. The lowest BCUT2D eigenvalue weighted by Gasteiger charge is -2.18. The largest absolute Gasteiger partial charge is 0.383 e. The number of likely N-dealkylation sites (tertiary alicyclic amines) is 1. The first-order valence-corrected chi connectivity index (χ1v) is 7.15. The molecular formula is C15H21N3O3. The summed E-state index contributed by atoms with van der Waals surface area (Å²) in [5.41, 5.74) is 1.32. The summed E-state index contributed by atoms with van der Waals surface area (Å²) < 4.78 is 0. The molecule has 6 nitrogen and oxygen atoms in total. The fourth-order valence-electron chi connectivity index (χ4n) is 2.66. The van der Waals surface area contributed by atoms with Crippen molar-refractivity contribution in [2.24, 2.45) is 11.8 Å². The van der Waals surface area contributed by atoms with Crippen LogP contribution >= 0.6 is 0 Å². The van der Waals surface area contributed by atoms with Gasteiger partial charge in [0, 0.05) is 32.6 Å². The average molecular weight is 291 g/mol. The molecule has 0 spiro atoms. The highest BCUT2D eigenvalue weighted by Gasteiger charge is 2.31. The van der Waals surface area contributed by atoms with Crippen LogP contribution in [0.3, 0.4) is 0 Å². The van der Waals surface area contributed by atoms with Crippen molar-refractivity contribution in [2.75, 3.05) is 18.9 Å². The van der Waals surface area contributed by atoms with E-state index in [-0.39, 0.29) is 11.6 Å². The van der Waals surface area contributed by atoms with Crippen LogP contribution in [0.5, 0.6) is 0 Å². The van der Waals surface area contributed by atoms with Crippen molar-refractivity contribution in [3.05, 3.63) is 33.9 Å². The highest BCUT2D eigenvalue weighted by molar-refractivity contribution is 5.78. The molecule has 1 heterocycles. The third-order valence-corrected chi connectivity index (χ3v) is 4.09. The monoisotopic (exact) mass is 291 g/mol. The summed E-state index contributed by atoms with van der Waals surface area (Å²) in [5, 5.41) is 13.9. The predicted molar refractivity (Wildman–Crippen MR) is 81.0 cm³/mol. The first kappa shape index (κ1) is 15.3. The summed E-state index contributed by atoms with van der Waals surface area (Å²) in [4.78, 5) is 24.5. The van der Waals surface area contributed by atoms with Gasteiger partial charge in [0.15, 0.2) is 0 Å². The van der Waals surface area contributed by atoms with Gasteiger partial charge in [0.05, 0.1) is 4.92 Å². The number of carbonyl (C=O) groups excluding carboxylic acids is 1. The van der Waals surface area contributed by atoms with E-state index in [4.69, 9.17) is 0 Å². The molecule has 1 atom stereocenters. The van der Waals surface area contributed by atoms with Gasteiger partial charge in [-0.05, 0) is 23.5 Å². The molecule has 0 aliphatic carbocycles. The molecule has 1 aliphatic rings. The molecule has 1 aromatic rings. The molecule has 1 aromatic carbocycles. The minimum Gasteiger partial charge on any atom is -0.383 e. The molecule has 1 saturated heterocycles. The number of hydrogen-bond acceptors (Lipinski definition) is 4. The van der Waals surface area contributed by atoms with E-state index in [0.717, 1.165) is 12.1 Å². The lowest BCUT2D eigenvalue weighted by molar-refractivity contribution is -0.384. The summed E-state index contributed by atoms with van der Waals surface area (Å²) >= 11 is 0. The Morgan fingerprint density at radius 3 is 2.71 bits per heavy atom. The average Bonchev–Trinajstić information content (AvgIpc) is 2.80. The van der Waals surface area contributed by atoms with Crippen LogP contribution in [0.2, 0.25) is 0 Å². The lowest BCUT2D eigenvalue weighted by Crippen LogP contribution is -2.25. The molecule has 0 radical (unpaired) electrons. The third kappa shape index (κ3) is 3.32. The summed E-state index contributed by atoms with van der Waals surface area (Å²) in [6, 6.07) is 5.06. The van der Waals surface area contributed by atoms with Gasteiger partial charge >= 0.3 is 0 Å². The van der Waals surface area contributed by atoms with Crippen LogP contribution in [0.4, 0.5) is 11.4 Å². The van der Waals surface area contributed by atoms with E-state index in [1.54, 1.807) is 24.1 Å². The van der Waals surface area contributed by atoms with Crippen molar-refractivity contribution >= 4 is 17.3 Å². The molecule has 1 unspecified atom stereocenters. The van der Waals surface area contributed by atoms with Gasteiger partial charge < -0.3 is 10.2 Å². The maximum absolute atomic E-state index is 12.0. The molecule has 114 valence electrons. The van der Waals surface area contributed by atoms with Crippen molar-refractivity contribution in [1.29, 1.82) is 0 Å². The van der Waals surface area contributed by atoms with Crippen LogP contribution in [0, 0.1) is 22.0 Å². The van der Waals surface area contributed by atoms with E-state index in [9.17, 15) is 14.9 Å². The molecule has 6 heteroatoms. The molecule has 0 saturated carbocycles. The van der Waals surface area contributed by atoms with Gasteiger partial charge in [-0.3, -0.25) is 14.9 Å². The molecule has 1 amide bonds. The minimum absolute atomic E-state index is 0.0436. The highest BCUT2D eigenvalue weighted by atomic mass is 16.6. The van der Waals surface area contributed by atoms with E-state index in [1.165, 1.54) is 0 Å². The molecule has 1 fully saturated rings. The highest BCUT2D eigenvalue weighted by Crippen LogP contribution is 2.29. The van der Waals surface area contributed by atoms with Gasteiger partial charge in [0.2, 0.25) is 5.91 Å². The number of hydrogen-bond donors (Lipinski definition) is 1. The Morgan fingerprint density at radius 1 is 1.48 bits per heavy atom. The lowest BCUT2D eigenvalue weighted by atomic mass is 9.95. The van der Waals surface area contributed by atoms with Crippen LogP contribution in [0.15, 0.2) is 18.2 Å². The normalized spacial score (nSPS) is 18.4. The Kier molecular flexibility index (Phi) is 4.45. The van der Waals surface area contributed by atoms with E-state index in [0.29, 0.717) is 30.5 Å². The Hall–Kier alpha value is -2.11. The maximum Gasteiger partial charge on any atom is 0.292 e. The Bertz CT molecular complexity index is 557. The molecule has 1 N–H and O–H groups in total. The number of nitrogens with one attached hydrogen (secondary N) is 1. The Labute approximate surface area is 124 Å².